The van der Waals surface area contributed by atoms with Crippen LogP contribution >= 0.6 is 11.8 Å². The maximum Gasteiger partial charge on any atom is 0.124 e. The summed E-state index contributed by atoms with van der Waals surface area (Å²) in [5.74, 6) is 3.14. The molecule has 1 heterocycles. The van der Waals surface area contributed by atoms with Gasteiger partial charge in [0.2, 0.25) is 0 Å². The van der Waals surface area contributed by atoms with Gasteiger partial charge in [-0.2, -0.15) is 11.8 Å². The highest BCUT2D eigenvalue weighted by atomic mass is 32.2. The summed E-state index contributed by atoms with van der Waals surface area (Å²) in [5.41, 5.74) is 2.49. The molecule has 1 aromatic rings. The van der Waals surface area contributed by atoms with Crippen molar-refractivity contribution in [3.05, 3.63) is 29.3 Å². The van der Waals surface area contributed by atoms with E-state index in [2.05, 4.69) is 29.4 Å². The van der Waals surface area contributed by atoms with Crippen LogP contribution in [0.1, 0.15) is 24.0 Å². The Morgan fingerprint density at radius 3 is 2.62 bits per heavy atom. The van der Waals surface area contributed by atoms with Gasteiger partial charge in [0.05, 0.1) is 13.7 Å². The van der Waals surface area contributed by atoms with Crippen LogP contribution in [0.15, 0.2) is 18.2 Å². The number of ether oxygens (including phenoxy) is 2. The van der Waals surface area contributed by atoms with Crippen LogP contribution in [0.25, 0.3) is 0 Å². The molecule has 0 spiro atoms. The lowest BCUT2D eigenvalue weighted by Crippen LogP contribution is -2.33. The molecule has 118 valence electrons. The van der Waals surface area contributed by atoms with Crippen molar-refractivity contribution in [1.82, 2.24) is 4.90 Å². The zero-order valence-electron chi connectivity index (χ0n) is 13.4. The summed E-state index contributed by atoms with van der Waals surface area (Å²) >= 11 is 1.98. The molecule has 1 aliphatic rings. The molecule has 0 unspecified atom stereocenters. The monoisotopic (exact) mass is 309 g/mol. The summed E-state index contributed by atoms with van der Waals surface area (Å²) < 4.78 is 10.6. The summed E-state index contributed by atoms with van der Waals surface area (Å²) in [6.07, 6.45) is 4.88. The van der Waals surface area contributed by atoms with Crippen molar-refractivity contribution >= 4 is 11.8 Å². The predicted molar refractivity (Wildman–Crippen MR) is 90.1 cm³/mol. The maximum absolute atomic E-state index is 5.39. The van der Waals surface area contributed by atoms with Gasteiger partial charge in [0.1, 0.15) is 5.75 Å². The van der Waals surface area contributed by atoms with Gasteiger partial charge in [0.25, 0.3) is 0 Å². The molecule has 0 saturated carbocycles. The van der Waals surface area contributed by atoms with Crippen molar-refractivity contribution in [2.75, 3.05) is 39.3 Å². The van der Waals surface area contributed by atoms with Crippen molar-refractivity contribution in [2.24, 2.45) is 5.92 Å². The van der Waals surface area contributed by atoms with E-state index in [0.29, 0.717) is 6.61 Å². The summed E-state index contributed by atoms with van der Waals surface area (Å²) in [6, 6.07) is 6.45. The standard InChI is InChI=1S/C17H27NO2S/c1-19-12-16-10-15(4-5-17(16)20-2)11-18-8-6-14(7-9-18)13-21-3/h4-5,10,14H,6-9,11-13H2,1-3H3. The first-order valence-corrected chi connectivity index (χ1v) is 9.02. The summed E-state index contributed by atoms with van der Waals surface area (Å²) in [5, 5.41) is 0. The lowest BCUT2D eigenvalue weighted by atomic mass is 9.98. The Morgan fingerprint density at radius 2 is 2.00 bits per heavy atom. The number of nitrogens with zero attached hydrogens (tertiary/aromatic N) is 1. The number of piperidine rings is 1. The van der Waals surface area contributed by atoms with Gasteiger partial charge in [0, 0.05) is 19.2 Å². The van der Waals surface area contributed by atoms with E-state index in [1.54, 1.807) is 14.2 Å². The molecule has 0 radical (unpaired) electrons. The van der Waals surface area contributed by atoms with Crippen LogP contribution in [0.2, 0.25) is 0 Å². The average molecular weight is 309 g/mol. The van der Waals surface area contributed by atoms with E-state index in [1.165, 1.54) is 37.2 Å². The van der Waals surface area contributed by atoms with E-state index in [9.17, 15) is 0 Å². The molecule has 3 nitrogen and oxygen atoms in total. The smallest absolute Gasteiger partial charge is 0.124 e. The number of benzene rings is 1. The lowest BCUT2D eigenvalue weighted by Gasteiger charge is -2.31. The molecule has 0 aromatic heterocycles. The van der Waals surface area contributed by atoms with Crippen molar-refractivity contribution in [3.63, 3.8) is 0 Å². The van der Waals surface area contributed by atoms with Gasteiger partial charge in [-0.25, -0.2) is 0 Å². The van der Waals surface area contributed by atoms with Crippen LogP contribution in [0.4, 0.5) is 0 Å². The minimum Gasteiger partial charge on any atom is -0.496 e. The normalized spacial score (nSPS) is 17.1. The molecule has 21 heavy (non-hydrogen) atoms. The largest absolute Gasteiger partial charge is 0.496 e. The van der Waals surface area contributed by atoms with E-state index < -0.39 is 0 Å². The molecular weight excluding hydrogens is 282 g/mol. The van der Waals surface area contributed by atoms with Crippen molar-refractivity contribution < 1.29 is 9.47 Å². The molecule has 0 amide bonds. The number of rotatable bonds is 7. The number of thioether (sulfide) groups is 1. The molecule has 0 aliphatic carbocycles. The minimum absolute atomic E-state index is 0.604. The van der Waals surface area contributed by atoms with Gasteiger partial charge in [-0.3, -0.25) is 4.90 Å². The van der Waals surface area contributed by atoms with Crippen LogP contribution in [-0.2, 0) is 17.9 Å². The summed E-state index contributed by atoms with van der Waals surface area (Å²) in [4.78, 5) is 2.56. The highest BCUT2D eigenvalue weighted by molar-refractivity contribution is 7.98. The topological polar surface area (TPSA) is 21.7 Å². The highest BCUT2D eigenvalue weighted by Gasteiger charge is 2.19. The third-order valence-corrected chi connectivity index (χ3v) is 4.97. The number of hydrogen-bond donors (Lipinski definition) is 0. The Bertz CT molecular complexity index is 431. The fourth-order valence-electron chi connectivity index (χ4n) is 3.00. The van der Waals surface area contributed by atoms with E-state index >= 15 is 0 Å². The Hall–Kier alpha value is -0.710. The second-order valence-electron chi connectivity index (χ2n) is 5.75. The quantitative estimate of drug-likeness (QED) is 0.769. The average Bonchev–Trinajstić information content (AvgIpc) is 2.50. The summed E-state index contributed by atoms with van der Waals surface area (Å²) in [6.45, 7) is 4.08. The number of methoxy groups -OCH3 is 2. The van der Waals surface area contributed by atoms with Gasteiger partial charge in [-0.15, -0.1) is 0 Å². The Balaban J connectivity index is 1.92. The van der Waals surface area contributed by atoms with Crippen LogP contribution < -0.4 is 4.74 Å². The van der Waals surface area contributed by atoms with Crippen LogP contribution in [0.5, 0.6) is 5.75 Å². The van der Waals surface area contributed by atoms with Gasteiger partial charge >= 0.3 is 0 Å². The number of hydrogen-bond acceptors (Lipinski definition) is 4. The van der Waals surface area contributed by atoms with E-state index in [0.717, 1.165) is 23.8 Å². The molecule has 0 bridgehead atoms. The third-order valence-electron chi connectivity index (χ3n) is 4.16. The van der Waals surface area contributed by atoms with Crippen molar-refractivity contribution in [2.45, 2.75) is 26.0 Å². The first-order chi connectivity index (χ1) is 10.3. The van der Waals surface area contributed by atoms with Gasteiger partial charge in [-0.05, 0) is 61.6 Å². The maximum atomic E-state index is 5.39. The van der Waals surface area contributed by atoms with Gasteiger partial charge in [-0.1, -0.05) is 6.07 Å². The number of likely N-dealkylation sites (tertiary alicyclic amines) is 1. The lowest BCUT2D eigenvalue weighted by molar-refractivity contribution is 0.179. The molecule has 1 aromatic carbocycles. The SMILES string of the molecule is COCc1cc(CN2CCC(CSC)CC2)ccc1OC. The molecule has 1 saturated heterocycles. The fourth-order valence-corrected chi connectivity index (χ4v) is 3.81. The first-order valence-electron chi connectivity index (χ1n) is 7.62. The molecule has 1 fully saturated rings. The molecule has 1 aliphatic heterocycles. The predicted octanol–water partition coefficient (Wildman–Crippen LogP) is 3.42. The van der Waals surface area contributed by atoms with Crippen molar-refractivity contribution in [3.8, 4) is 5.75 Å². The first kappa shape index (κ1) is 16.7. The van der Waals surface area contributed by atoms with Gasteiger partial charge in [0.15, 0.2) is 0 Å². The van der Waals surface area contributed by atoms with Crippen LogP contribution in [-0.4, -0.2) is 44.2 Å². The molecule has 4 heteroatoms. The van der Waals surface area contributed by atoms with Crippen LogP contribution in [0, 0.1) is 5.92 Å². The Kier molecular flexibility index (Phi) is 6.87. The van der Waals surface area contributed by atoms with Crippen molar-refractivity contribution in [1.29, 1.82) is 0 Å². The second kappa shape index (κ2) is 8.66. The van der Waals surface area contributed by atoms with E-state index in [4.69, 9.17) is 9.47 Å². The zero-order valence-corrected chi connectivity index (χ0v) is 14.2. The molecule has 0 atom stereocenters. The highest BCUT2D eigenvalue weighted by Crippen LogP contribution is 2.24. The van der Waals surface area contributed by atoms with E-state index in [1.807, 2.05) is 11.8 Å². The second-order valence-corrected chi connectivity index (χ2v) is 6.66. The fraction of sp³-hybridized carbons (Fsp3) is 0.647. The summed E-state index contributed by atoms with van der Waals surface area (Å²) in [7, 11) is 3.44. The van der Waals surface area contributed by atoms with Gasteiger partial charge < -0.3 is 9.47 Å². The Morgan fingerprint density at radius 1 is 1.24 bits per heavy atom. The van der Waals surface area contributed by atoms with Crippen LogP contribution in [0.3, 0.4) is 0 Å². The van der Waals surface area contributed by atoms with E-state index in [-0.39, 0.29) is 0 Å². The Labute approximate surface area is 133 Å². The molecular formula is C17H27NO2S. The molecule has 0 N–H and O–H groups in total. The zero-order chi connectivity index (χ0) is 15.1. The molecule has 2 rings (SSSR count). The third kappa shape index (κ3) is 4.90. The minimum atomic E-state index is 0.604.